The largest absolute Gasteiger partial charge is 0.431 e. The van der Waals surface area contributed by atoms with Gasteiger partial charge in [0.1, 0.15) is 0 Å². The molecule has 1 N–H and O–H groups in total. The van der Waals surface area contributed by atoms with Gasteiger partial charge in [0, 0.05) is 18.0 Å². The summed E-state index contributed by atoms with van der Waals surface area (Å²) in [5.74, 6) is -0.171. The molecule has 0 aliphatic carbocycles. The lowest BCUT2D eigenvalue weighted by Gasteiger charge is -2.04. The zero-order chi connectivity index (χ0) is 10.8. The Morgan fingerprint density at radius 2 is 2.07 bits per heavy atom. The molecule has 4 heteroatoms. The van der Waals surface area contributed by atoms with E-state index in [4.69, 9.17) is 4.42 Å². The molecular formula is C11H9NO3. The van der Waals surface area contributed by atoms with Crippen LogP contribution in [0.2, 0.25) is 0 Å². The molecule has 76 valence electrons. The van der Waals surface area contributed by atoms with Gasteiger partial charge in [-0.2, -0.15) is 0 Å². The van der Waals surface area contributed by atoms with Gasteiger partial charge in [0.15, 0.2) is 0 Å². The van der Waals surface area contributed by atoms with Crippen molar-refractivity contribution in [3.8, 4) is 0 Å². The third-order valence-corrected chi connectivity index (χ3v) is 2.05. The van der Waals surface area contributed by atoms with E-state index in [0.29, 0.717) is 16.5 Å². The third kappa shape index (κ3) is 1.74. The average Bonchev–Trinajstić information content (AvgIpc) is 2.19. The summed E-state index contributed by atoms with van der Waals surface area (Å²) < 4.78 is 4.73. The van der Waals surface area contributed by atoms with E-state index in [0.717, 1.165) is 0 Å². The number of nitrogens with one attached hydrogen (secondary N) is 1. The lowest BCUT2D eigenvalue weighted by molar-refractivity contribution is -0.114. The maximum Gasteiger partial charge on any atom is 0.343 e. The van der Waals surface area contributed by atoms with Crippen LogP contribution in [0.25, 0.3) is 10.8 Å². The van der Waals surface area contributed by atoms with E-state index in [1.54, 1.807) is 24.3 Å². The van der Waals surface area contributed by atoms with Crippen molar-refractivity contribution in [1.82, 2.24) is 0 Å². The number of benzene rings is 1. The van der Waals surface area contributed by atoms with Crippen molar-refractivity contribution in [3.63, 3.8) is 0 Å². The Bertz CT molecular complexity index is 571. The highest BCUT2D eigenvalue weighted by Gasteiger charge is 2.04. The van der Waals surface area contributed by atoms with Gasteiger partial charge >= 0.3 is 5.63 Å². The van der Waals surface area contributed by atoms with Crippen LogP contribution in [0.15, 0.2) is 39.7 Å². The third-order valence-electron chi connectivity index (χ3n) is 2.05. The van der Waals surface area contributed by atoms with Crippen molar-refractivity contribution in [1.29, 1.82) is 0 Å². The van der Waals surface area contributed by atoms with Crippen LogP contribution < -0.4 is 10.9 Å². The normalized spacial score (nSPS) is 10.2. The second-order valence-electron chi connectivity index (χ2n) is 3.16. The van der Waals surface area contributed by atoms with E-state index in [1.807, 2.05) is 0 Å². The van der Waals surface area contributed by atoms with E-state index in [2.05, 4.69) is 5.32 Å². The number of rotatable bonds is 1. The summed E-state index contributed by atoms with van der Waals surface area (Å²) in [6.07, 6.45) is 1.32. The van der Waals surface area contributed by atoms with E-state index in [9.17, 15) is 9.59 Å². The van der Waals surface area contributed by atoms with Gasteiger partial charge in [-0.1, -0.05) is 6.07 Å². The van der Waals surface area contributed by atoms with Crippen molar-refractivity contribution in [2.45, 2.75) is 6.92 Å². The molecule has 2 aromatic rings. The molecule has 0 spiro atoms. The molecule has 0 fully saturated rings. The fraction of sp³-hybridized carbons (Fsp3) is 0.0909. The Morgan fingerprint density at radius 3 is 2.80 bits per heavy atom. The van der Waals surface area contributed by atoms with E-state index in [-0.39, 0.29) is 5.91 Å². The van der Waals surface area contributed by atoms with Gasteiger partial charge in [0.25, 0.3) is 0 Å². The fourth-order valence-corrected chi connectivity index (χ4v) is 1.45. The second-order valence-corrected chi connectivity index (χ2v) is 3.16. The molecule has 0 bridgehead atoms. The summed E-state index contributed by atoms with van der Waals surface area (Å²) >= 11 is 0. The highest BCUT2D eigenvalue weighted by Crippen LogP contribution is 2.20. The average molecular weight is 203 g/mol. The molecule has 4 nitrogen and oxygen atoms in total. The molecule has 0 saturated heterocycles. The molecular weight excluding hydrogens is 194 g/mol. The zero-order valence-corrected chi connectivity index (χ0v) is 8.11. The van der Waals surface area contributed by atoms with Crippen LogP contribution in [0.5, 0.6) is 0 Å². The lowest BCUT2D eigenvalue weighted by atomic mass is 10.1. The molecule has 2 rings (SSSR count). The SMILES string of the molecule is CC(=O)Nc1cccc2c(=O)occc12. The van der Waals surface area contributed by atoms with Crippen LogP contribution in [0.4, 0.5) is 5.69 Å². The molecule has 1 aromatic heterocycles. The van der Waals surface area contributed by atoms with Crippen molar-refractivity contribution in [2.75, 3.05) is 5.32 Å². The van der Waals surface area contributed by atoms with Crippen molar-refractivity contribution in [3.05, 3.63) is 40.9 Å². The number of fused-ring (bicyclic) bond motifs is 1. The standard InChI is InChI=1S/C11H9NO3/c1-7(13)12-10-4-2-3-9-8(10)5-6-15-11(9)14/h2-6H,1H3,(H,12,13). The van der Waals surface area contributed by atoms with Crippen LogP contribution in [-0.4, -0.2) is 5.91 Å². The van der Waals surface area contributed by atoms with Gasteiger partial charge in [-0.3, -0.25) is 4.79 Å². The van der Waals surface area contributed by atoms with Gasteiger partial charge < -0.3 is 9.73 Å². The number of carbonyl (C=O) groups is 1. The van der Waals surface area contributed by atoms with Gasteiger partial charge in [0.05, 0.1) is 11.6 Å². The monoisotopic (exact) mass is 203 g/mol. The van der Waals surface area contributed by atoms with Crippen LogP contribution in [-0.2, 0) is 4.79 Å². The topological polar surface area (TPSA) is 59.3 Å². The first-order valence-electron chi connectivity index (χ1n) is 4.46. The lowest BCUT2D eigenvalue weighted by Crippen LogP contribution is -2.07. The van der Waals surface area contributed by atoms with Crippen LogP contribution in [0, 0.1) is 0 Å². The molecule has 1 amide bonds. The molecule has 0 saturated carbocycles. The maximum absolute atomic E-state index is 11.3. The predicted octanol–water partition coefficient (Wildman–Crippen LogP) is 1.75. The summed E-state index contributed by atoms with van der Waals surface area (Å²) in [6.45, 7) is 1.42. The van der Waals surface area contributed by atoms with Gasteiger partial charge in [-0.15, -0.1) is 0 Å². The quantitative estimate of drug-likeness (QED) is 0.768. The van der Waals surface area contributed by atoms with Gasteiger partial charge in [-0.25, -0.2) is 4.79 Å². The maximum atomic E-state index is 11.3. The summed E-state index contributed by atoms with van der Waals surface area (Å²) in [5.41, 5.74) is 0.215. The Hall–Kier alpha value is -2.10. The van der Waals surface area contributed by atoms with E-state index < -0.39 is 5.63 Å². The minimum absolute atomic E-state index is 0.171. The number of hydrogen-bond donors (Lipinski definition) is 1. The van der Waals surface area contributed by atoms with Gasteiger partial charge in [-0.05, 0) is 18.2 Å². The predicted molar refractivity (Wildman–Crippen MR) is 56.8 cm³/mol. The molecule has 15 heavy (non-hydrogen) atoms. The van der Waals surface area contributed by atoms with Crippen molar-refractivity contribution in [2.24, 2.45) is 0 Å². The first kappa shape index (κ1) is 9.45. The number of hydrogen-bond acceptors (Lipinski definition) is 3. The Balaban J connectivity index is 2.71. The Morgan fingerprint density at radius 1 is 1.27 bits per heavy atom. The van der Waals surface area contributed by atoms with Crippen LogP contribution in [0.1, 0.15) is 6.92 Å². The molecule has 1 heterocycles. The molecule has 0 unspecified atom stereocenters. The molecule has 1 aromatic carbocycles. The number of anilines is 1. The van der Waals surface area contributed by atoms with Gasteiger partial charge in [0.2, 0.25) is 5.91 Å². The summed E-state index contributed by atoms with van der Waals surface area (Å²) in [5, 5.41) is 3.80. The van der Waals surface area contributed by atoms with Crippen molar-refractivity contribution >= 4 is 22.4 Å². The van der Waals surface area contributed by atoms with E-state index in [1.165, 1.54) is 13.2 Å². The summed E-state index contributed by atoms with van der Waals surface area (Å²) in [6, 6.07) is 6.75. The molecule has 0 aliphatic heterocycles. The molecule has 0 atom stereocenters. The highest BCUT2D eigenvalue weighted by molar-refractivity contribution is 6.00. The molecule has 0 aliphatic rings. The molecule has 0 radical (unpaired) electrons. The second kappa shape index (κ2) is 3.57. The van der Waals surface area contributed by atoms with Crippen molar-refractivity contribution < 1.29 is 9.21 Å². The number of carbonyl (C=O) groups excluding carboxylic acids is 1. The summed E-state index contributed by atoms with van der Waals surface area (Å²) in [4.78, 5) is 22.3. The zero-order valence-electron chi connectivity index (χ0n) is 8.11. The van der Waals surface area contributed by atoms with E-state index >= 15 is 0 Å². The minimum Gasteiger partial charge on any atom is -0.431 e. The summed E-state index contributed by atoms with van der Waals surface area (Å²) in [7, 11) is 0. The minimum atomic E-state index is -0.403. The fourth-order valence-electron chi connectivity index (χ4n) is 1.45. The first-order chi connectivity index (χ1) is 7.18. The number of amides is 1. The van der Waals surface area contributed by atoms with Crippen LogP contribution in [0.3, 0.4) is 0 Å². The van der Waals surface area contributed by atoms with Crippen LogP contribution >= 0.6 is 0 Å². The first-order valence-corrected chi connectivity index (χ1v) is 4.46. The Labute approximate surface area is 85.5 Å². The smallest absolute Gasteiger partial charge is 0.343 e. The highest BCUT2D eigenvalue weighted by atomic mass is 16.4. The Kier molecular flexibility index (Phi) is 2.25.